The first kappa shape index (κ1) is 20.4. The van der Waals surface area contributed by atoms with Crippen LogP contribution in [0.4, 0.5) is 13.2 Å². The molecule has 1 aliphatic carbocycles. The fourth-order valence-electron chi connectivity index (χ4n) is 5.17. The number of rotatable bonds is 4. The molecule has 2 aliphatic heterocycles. The van der Waals surface area contributed by atoms with Crippen molar-refractivity contribution in [1.82, 2.24) is 15.1 Å². The fourth-order valence-corrected chi connectivity index (χ4v) is 5.17. The monoisotopic (exact) mass is 389 g/mol. The Labute approximate surface area is 158 Å². The maximum absolute atomic E-state index is 13.4. The van der Waals surface area contributed by atoms with E-state index in [0.717, 1.165) is 37.1 Å². The Morgan fingerprint density at radius 2 is 2.00 bits per heavy atom. The predicted octanol–water partition coefficient (Wildman–Crippen LogP) is 2.42. The number of carbonyl (C=O) groups is 2. The highest BCUT2D eigenvalue weighted by Crippen LogP contribution is 2.45. The van der Waals surface area contributed by atoms with Gasteiger partial charge in [0, 0.05) is 26.2 Å². The van der Waals surface area contributed by atoms with Crippen LogP contribution in [0.1, 0.15) is 45.4 Å². The predicted molar refractivity (Wildman–Crippen MR) is 94.9 cm³/mol. The van der Waals surface area contributed by atoms with Gasteiger partial charge in [0.05, 0.1) is 11.3 Å². The molecule has 1 saturated carbocycles. The van der Waals surface area contributed by atoms with Crippen molar-refractivity contribution in [2.24, 2.45) is 17.3 Å². The smallest absolute Gasteiger partial charge is 0.341 e. The van der Waals surface area contributed by atoms with Crippen LogP contribution in [0.2, 0.25) is 0 Å². The normalized spacial score (nSPS) is 31.5. The van der Waals surface area contributed by atoms with E-state index < -0.39 is 24.5 Å². The van der Waals surface area contributed by atoms with E-state index in [1.807, 2.05) is 0 Å². The van der Waals surface area contributed by atoms with Crippen LogP contribution in [0, 0.1) is 17.3 Å². The minimum absolute atomic E-state index is 0.0265. The molecule has 2 saturated heterocycles. The summed E-state index contributed by atoms with van der Waals surface area (Å²) in [7, 11) is 0. The molecule has 3 atom stereocenters. The summed E-state index contributed by atoms with van der Waals surface area (Å²) in [6, 6.07) is 0. The van der Waals surface area contributed by atoms with Crippen LogP contribution in [0.15, 0.2) is 0 Å². The Balaban J connectivity index is 1.68. The molecule has 0 aromatic carbocycles. The van der Waals surface area contributed by atoms with Crippen LogP contribution in [0.5, 0.6) is 0 Å². The maximum Gasteiger partial charge on any atom is 0.406 e. The van der Waals surface area contributed by atoms with Gasteiger partial charge in [-0.25, -0.2) is 0 Å². The maximum atomic E-state index is 13.4. The highest BCUT2D eigenvalue weighted by molar-refractivity contribution is 5.85. The van der Waals surface area contributed by atoms with Gasteiger partial charge in [0.2, 0.25) is 11.8 Å². The van der Waals surface area contributed by atoms with E-state index in [2.05, 4.69) is 5.32 Å². The van der Waals surface area contributed by atoms with Crippen molar-refractivity contribution in [3.63, 3.8) is 0 Å². The molecule has 154 valence electrons. The molecule has 0 aromatic heterocycles. The van der Waals surface area contributed by atoms with Crippen molar-refractivity contribution in [2.45, 2.75) is 51.6 Å². The summed E-state index contributed by atoms with van der Waals surface area (Å²) >= 11 is 0. The van der Waals surface area contributed by atoms with Gasteiger partial charge < -0.3 is 15.1 Å². The lowest BCUT2D eigenvalue weighted by Crippen LogP contribution is -2.54. The lowest BCUT2D eigenvalue weighted by atomic mass is 9.67. The number of nitrogens with one attached hydrogen (secondary N) is 1. The number of halogens is 3. The van der Waals surface area contributed by atoms with Crippen LogP contribution < -0.4 is 5.32 Å². The first-order chi connectivity index (χ1) is 12.8. The highest BCUT2D eigenvalue weighted by Gasteiger charge is 2.52. The lowest BCUT2D eigenvalue weighted by Gasteiger charge is -2.43. The second kappa shape index (κ2) is 7.97. The summed E-state index contributed by atoms with van der Waals surface area (Å²) in [4.78, 5) is 28.7. The summed E-state index contributed by atoms with van der Waals surface area (Å²) in [5.74, 6) is -0.562. The molecule has 27 heavy (non-hydrogen) atoms. The van der Waals surface area contributed by atoms with Gasteiger partial charge in [0.25, 0.3) is 0 Å². The Morgan fingerprint density at radius 3 is 2.70 bits per heavy atom. The molecule has 3 fully saturated rings. The molecular formula is C19H30F3N3O2. The third-order valence-electron chi connectivity index (χ3n) is 6.59. The average Bonchev–Trinajstić information content (AvgIpc) is 3.09. The van der Waals surface area contributed by atoms with E-state index >= 15 is 0 Å². The molecule has 0 spiro atoms. The number of amides is 2. The van der Waals surface area contributed by atoms with Gasteiger partial charge in [0.1, 0.15) is 6.54 Å². The van der Waals surface area contributed by atoms with Crippen LogP contribution in [-0.4, -0.2) is 67.1 Å². The zero-order valence-electron chi connectivity index (χ0n) is 16.0. The molecule has 1 N–H and O–H groups in total. The average molecular weight is 389 g/mol. The number of likely N-dealkylation sites (tertiary alicyclic amines) is 1. The van der Waals surface area contributed by atoms with Crippen LogP contribution in [0.3, 0.4) is 0 Å². The number of fused-ring (bicyclic) bond motifs is 1. The van der Waals surface area contributed by atoms with E-state index in [1.54, 1.807) is 11.8 Å². The van der Waals surface area contributed by atoms with Gasteiger partial charge in [-0.2, -0.15) is 13.2 Å². The first-order valence-electron chi connectivity index (χ1n) is 10.1. The fraction of sp³-hybridized carbons (Fsp3) is 0.895. The standard InChI is InChI=1S/C19H30F3N3O2/c1-2-24(13-19(20,21)22)16(26)14-6-5-9-25(11-14)17(27)18-8-4-3-7-15(18)10-23-12-18/h14-15,23H,2-13H2,1H3/t14?,15-,18+/m0/s1. The van der Waals surface area contributed by atoms with Crippen molar-refractivity contribution in [1.29, 1.82) is 0 Å². The number of piperidine rings is 1. The zero-order chi connectivity index (χ0) is 19.7. The molecule has 5 nitrogen and oxygen atoms in total. The number of hydrogen-bond donors (Lipinski definition) is 1. The molecule has 0 bridgehead atoms. The largest absolute Gasteiger partial charge is 0.406 e. The Bertz CT molecular complexity index is 569. The van der Waals surface area contributed by atoms with Crippen LogP contribution >= 0.6 is 0 Å². The number of carbonyl (C=O) groups excluding carboxylic acids is 2. The van der Waals surface area contributed by atoms with Crippen molar-refractivity contribution >= 4 is 11.8 Å². The van der Waals surface area contributed by atoms with Gasteiger partial charge in [-0.05, 0) is 45.1 Å². The van der Waals surface area contributed by atoms with Crippen molar-refractivity contribution in [3.8, 4) is 0 Å². The molecule has 0 radical (unpaired) electrons. The van der Waals surface area contributed by atoms with E-state index in [-0.39, 0.29) is 24.4 Å². The number of alkyl halides is 3. The minimum atomic E-state index is -4.40. The molecule has 8 heteroatoms. The lowest BCUT2D eigenvalue weighted by molar-refractivity contribution is -0.165. The second-order valence-corrected chi connectivity index (χ2v) is 8.29. The summed E-state index contributed by atoms with van der Waals surface area (Å²) in [6.45, 7) is 2.76. The molecule has 3 rings (SSSR count). The van der Waals surface area contributed by atoms with Crippen molar-refractivity contribution in [2.75, 3.05) is 39.3 Å². The van der Waals surface area contributed by atoms with E-state index in [4.69, 9.17) is 0 Å². The summed E-state index contributed by atoms with van der Waals surface area (Å²) < 4.78 is 38.2. The number of nitrogens with zero attached hydrogens (tertiary/aromatic N) is 2. The molecular weight excluding hydrogens is 359 g/mol. The SMILES string of the molecule is CCN(CC(F)(F)F)C(=O)C1CCCN(C(=O)[C@@]23CCCC[C@H]2CNC3)C1. The third-order valence-corrected chi connectivity index (χ3v) is 6.59. The third kappa shape index (κ3) is 4.25. The molecule has 0 aromatic rings. The van der Waals surface area contributed by atoms with Gasteiger partial charge >= 0.3 is 6.18 Å². The van der Waals surface area contributed by atoms with E-state index in [0.29, 0.717) is 31.8 Å². The van der Waals surface area contributed by atoms with Crippen LogP contribution in [-0.2, 0) is 9.59 Å². The van der Waals surface area contributed by atoms with Crippen LogP contribution in [0.25, 0.3) is 0 Å². The van der Waals surface area contributed by atoms with Crippen molar-refractivity contribution < 1.29 is 22.8 Å². The zero-order valence-corrected chi connectivity index (χ0v) is 16.0. The van der Waals surface area contributed by atoms with Gasteiger partial charge in [-0.15, -0.1) is 0 Å². The molecule has 3 aliphatic rings. The van der Waals surface area contributed by atoms with Gasteiger partial charge in [-0.1, -0.05) is 12.8 Å². The minimum Gasteiger partial charge on any atom is -0.341 e. The van der Waals surface area contributed by atoms with Crippen molar-refractivity contribution in [3.05, 3.63) is 0 Å². The molecule has 1 unspecified atom stereocenters. The highest BCUT2D eigenvalue weighted by atomic mass is 19.4. The second-order valence-electron chi connectivity index (χ2n) is 8.29. The Hall–Kier alpha value is -1.31. The Morgan fingerprint density at radius 1 is 1.22 bits per heavy atom. The summed E-state index contributed by atoms with van der Waals surface area (Å²) in [5.41, 5.74) is -0.375. The van der Waals surface area contributed by atoms with Gasteiger partial charge in [-0.3, -0.25) is 9.59 Å². The van der Waals surface area contributed by atoms with E-state index in [9.17, 15) is 22.8 Å². The topological polar surface area (TPSA) is 52.7 Å². The Kier molecular flexibility index (Phi) is 6.03. The number of hydrogen-bond acceptors (Lipinski definition) is 3. The van der Waals surface area contributed by atoms with E-state index in [1.165, 1.54) is 0 Å². The summed E-state index contributed by atoms with van der Waals surface area (Å²) in [5, 5.41) is 3.36. The molecule has 2 heterocycles. The quantitative estimate of drug-likeness (QED) is 0.804. The van der Waals surface area contributed by atoms with Gasteiger partial charge in [0.15, 0.2) is 0 Å². The summed E-state index contributed by atoms with van der Waals surface area (Å²) in [6.07, 6.45) is 0.907. The molecule has 2 amide bonds. The first-order valence-corrected chi connectivity index (χ1v) is 10.1.